The second-order valence-corrected chi connectivity index (χ2v) is 12.5. The number of halogens is 12. The second-order valence-electron chi connectivity index (χ2n) is 7.31. The van der Waals surface area contributed by atoms with Crippen molar-refractivity contribution in [2.45, 2.75) is 40.8 Å². The molecular weight excluding hydrogens is 571 g/mol. The first-order chi connectivity index (χ1) is 16.2. The summed E-state index contributed by atoms with van der Waals surface area (Å²) in [5, 5.41) is 0. The molecule has 2 aliphatic heterocycles. The van der Waals surface area contributed by atoms with E-state index in [1.807, 2.05) is 0 Å². The second kappa shape index (κ2) is 7.48. The Morgan fingerprint density at radius 3 is 1.44 bits per heavy atom. The number of hydrogen-bond acceptors (Lipinski definition) is 5. The normalized spacial score (nSPS) is 23.4. The van der Waals surface area contributed by atoms with E-state index < -0.39 is 70.4 Å². The summed E-state index contributed by atoms with van der Waals surface area (Å²) in [4.78, 5) is -0.496. The van der Waals surface area contributed by atoms with Crippen molar-refractivity contribution in [1.82, 2.24) is 0 Å². The van der Waals surface area contributed by atoms with Crippen LogP contribution in [0.25, 0.3) is 0 Å². The number of benzene rings is 2. The van der Waals surface area contributed by atoms with Gasteiger partial charge in [0.1, 0.15) is 0 Å². The minimum atomic E-state index is -7.41. The first-order valence-corrected chi connectivity index (χ1v) is 12.5. The topological polar surface area (TPSA) is 36.9 Å². The van der Waals surface area contributed by atoms with E-state index in [0.29, 0.717) is 0 Å². The Labute approximate surface area is 196 Å². The summed E-state index contributed by atoms with van der Waals surface area (Å²) in [6.45, 7) is -7.26. The van der Waals surface area contributed by atoms with Crippen LogP contribution in [0.4, 0.5) is 52.7 Å². The van der Waals surface area contributed by atoms with E-state index in [0.717, 1.165) is 48.5 Å². The van der Waals surface area contributed by atoms with E-state index >= 15 is 0 Å². The predicted molar refractivity (Wildman–Crippen MR) is 98.8 cm³/mol. The first kappa shape index (κ1) is 26.9. The van der Waals surface area contributed by atoms with Crippen LogP contribution in [-0.2, 0) is 9.05 Å². The van der Waals surface area contributed by atoms with Crippen LogP contribution in [-0.4, -0.2) is 35.9 Å². The standard InChI is InChI=1S/C18H9F12O4PS/c19-15(20,21)13(16(22,23)24)14(17(25,26)27,18(28,29)30)34-35(33-13,31-10-6-2-1-3-7-10)32-11-8-4-5-9-12(11)36-35/h1-9H. The van der Waals surface area contributed by atoms with Gasteiger partial charge in [-0.25, -0.2) is 0 Å². The Bertz CT molecular complexity index is 1060. The number of rotatable bonds is 2. The molecule has 0 atom stereocenters. The summed E-state index contributed by atoms with van der Waals surface area (Å²) in [6.07, 6.45) is -29.6. The summed E-state index contributed by atoms with van der Waals surface area (Å²) in [5.74, 6) is -1.52. The average molecular weight is 580 g/mol. The fraction of sp³-hybridized carbons (Fsp3) is 0.333. The summed E-state index contributed by atoms with van der Waals surface area (Å²) in [6, 6.07) is 9.09. The van der Waals surface area contributed by atoms with Crippen LogP contribution >= 0.6 is 18.1 Å². The average Bonchev–Trinajstić information content (AvgIpc) is 3.19. The quantitative estimate of drug-likeness (QED) is 0.265. The fourth-order valence-corrected chi connectivity index (χ4v) is 10.3. The molecule has 1 spiro atoms. The summed E-state index contributed by atoms with van der Waals surface area (Å²) < 4.78 is 187. The van der Waals surface area contributed by atoms with Crippen LogP contribution in [0, 0.1) is 0 Å². The van der Waals surface area contributed by atoms with Crippen LogP contribution in [0.2, 0.25) is 0 Å². The molecule has 2 heterocycles. The van der Waals surface area contributed by atoms with E-state index in [-0.39, 0.29) is 0 Å². The van der Waals surface area contributed by atoms with Gasteiger partial charge in [0.15, 0.2) is 0 Å². The SMILES string of the molecule is FC(F)(F)C1(C(F)(F)F)OP2(Oc3ccccc3)(Oc3ccccc3S2)OC1(C(F)(F)F)C(F)(F)F. The molecule has 18 heteroatoms. The van der Waals surface area contributed by atoms with Crippen LogP contribution in [0.1, 0.15) is 0 Å². The molecule has 0 N–H and O–H groups in total. The van der Waals surface area contributed by atoms with Crippen LogP contribution in [0.15, 0.2) is 59.5 Å². The van der Waals surface area contributed by atoms with Crippen molar-refractivity contribution in [2.24, 2.45) is 0 Å². The Morgan fingerprint density at radius 1 is 0.611 bits per heavy atom. The molecule has 4 nitrogen and oxygen atoms in total. The molecule has 0 aromatic heterocycles. The Balaban J connectivity index is 2.15. The van der Waals surface area contributed by atoms with E-state index in [9.17, 15) is 52.7 Å². The van der Waals surface area contributed by atoms with Gasteiger partial charge in [0.2, 0.25) is 0 Å². The van der Waals surface area contributed by atoms with Gasteiger partial charge < -0.3 is 0 Å². The van der Waals surface area contributed by atoms with Gasteiger partial charge in [-0.15, -0.1) is 0 Å². The molecule has 0 unspecified atom stereocenters. The van der Waals surface area contributed by atoms with Gasteiger partial charge in [-0.2, -0.15) is 0 Å². The molecule has 1 saturated heterocycles. The Morgan fingerprint density at radius 2 is 1.03 bits per heavy atom. The third-order valence-electron chi connectivity index (χ3n) is 5.01. The van der Waals surface area contributed by atoms with Crippen molar-refractivity contribution >= 4 is 18.1 Å². The molecule has 36 heavy (non-hydrogen) atoms. The van der Waals surface area contributed by atoms with Gasteiger partial charge in [0.25, 0.3) is 0 Å². The van der Waals surface area contributed by atoms with Crippen molar-refractivity contribution in [3.63, 3.8) is 0 Å². The molecule has 0 amide bonds. The Hall–Kier alpha value is -2.10. The minimum absolute atomic E-state index is 0.496. The van der Waals surface area contributed by atoms with Gasteiger partial charge in [-0.05, 0) is 0 Å². The van der Waals surface area contributed by atoms with Crippen LogP contribution in [0.3, 0.4) is 0 Å². The number of hydrogen-bond donors (Lipinski definition) is 0. The molecular formula is C18H9F12O4PS. The van der Waals surface area contributed by atoms with E-state index in [2.05, 4.69) is 9.05 Å². The third-order valence-corrected chi connectivity index (χ3v) is 10.4. The summed E-state index contributed by atoms with van der Waals surface area (Å²) in [7, 11) is 0. The molecule has 0 saturated carbocycles. The zero-order chi connectivity index (χ0) is 27.1. The van der Waals surface area contributed by atoms with Gasteiger partial charge in [-0.3, -0.25) is 0 Å². The molecule has 200 valence electrons. The Kier molecular flexibility index (Phi) is 5.60. The van der Waals surface area contributed by atoms with Crippen molar-refractivity contribution in [1.29, 1.82) is 0 Å². The van der Waals surface area contributed by atoms with Gasteiger partial charge in [-0.1, -0.05) is 0 Å². The number of fused-ring (bicyclic) bond motifs is 1. The van der Waals surface area contributed by atoms with Gasteiger partial charge in [0.05, 0.1) is 0 Å². The molecule has 0 radical (unpaired) electrons. The van der Waals surface area contributed by atoms with Crippen LogP contribution in [0.5, 0.6) is 11.5 Å². The van der Waals surface area contributed by atoms with Crippen molar-refractivity contribution < 1.29 is 70.8 Å². The molecule has 1 fully saturated rings. The zero-order valence-electron chi connectivity index (χ0n) is 16.7. The number of alkyl halides is 12. The maximum atomic E-state index is 14.1. The molecule has 0 aliphatic carbocycles. The van der Waals surface area contributed by atoms with Crippen molar-refractivity contribution in [3.8, 4) is 11.5 Å². The monoisotopic (exact) mass is 580 g/mol. The van der Waals surface area contributed by atoms with Crippen LogP contribution < -0.4 is 9.05 Å². The number of para-hydroxylation sites is 2. The third kappa shape index (κ3) is 3.45. The molecule has 4 rings (SSSR count). The van der Waals surface area contributed by atoms with Crippen molar-refractivity contribution in [3.05, 3.63) is 54.6 Å². The van der Waals surface area contributed by atoms with E-state index in [1.54, 1.807) is 0 Å². The molecule has 2 aromatic carbocycles. The zero-order valence-corrected chi connectivity index (χ0v) is 18.4. The first-order valence-electron chi connectivity index (χ1n) is 9.19. The maximum absolute atomic E-state index is 14.1. The molecule has 2 aromatic rings. The van der Waals surface area contributed by atoms with E-state index in [1.165, 1.54) is 6.07 Å². The molecule has 2 aliphatic rings. The molecule has 0 bridgehead atoms. The summed E-state index contributed by atoms with van der Waals surface area (Å²) >= 11 is -0.501. The van der Waals surface area contributed by atoms with Crippen molar-refractivity contribution in [2.75, 3.05) is 0 Å². The summed E-state index contributed by atoms with van der Waals surface area (Å²) in [5.41, 5.74) is -14.1. The van der Waals surface area contributed by atoms with Gasteiger partial charge >= 0.3 is 196 Å². The van der Waals surface area contributed by atoms with Gasteiger partial charge in [0, 0.05) is 0 Å². The fourth-order valence-electron chi connectivity index (χ4n) is 3.66. The predicted octanol–water partition coefficient (Wildman–Crippen LogP) is 8.15. The van der Waals surface area contributed by atoms with E-state index in [4.69, 9.17) is 9.05 Å².